The summed E-state index contributed by atoms with van der Waals surface area (Å²) in [5.74, 6) is -1.22. The van der Waals surface area contributed by atoms with Crippen LogP contribution in [0.2, 0.25) is 0 Å². The minimum Gasteiger partial charge on any atom is -0.480 e. The van der Waals surface area contributed by atoms with Gasteiger partial charge in [-0.3, -0.25) is 9.78 Å². The molecule has 0 aliphatic carbocycles. The van der Waals surface area contributed by atoms with E-state index in [2.05, 4.69) is 4.98 Å². The number of carboxylic acids is 1. The van der Waals surface area contributed by atoms with Crippen molar-refractivity contribution in [3.63, 3.8) is 0 Å². The molecule has 2 atom stereocenters. The van der Waals surface area contributed by atoms with E-state index >= 15 is 0 Å². The molecule has 5 nitrogen and oxygen atoms in total. The van der Waals surface area contributed by atoms with Crippen LogP contribution in [0.15, 0.2) is 24.5 Å². The second-order valence-corrected chi connectivity index (χ2v) is 4.88. The molecule has 0 aromatic carbocycles. The van der Waals surface area contributed by atoms with Crippen LogP contribution in [-0.2, 0) is 16.0 Å². The van der Waals surface area contributed by atoms with Crippen LogP contribution in [0.1, 0.15) is 12.0 Å². The predicted octanol–water partition coefficient (Wildman–Crippen LogP) is 0.917. The molecule has 1 aromatic rings. The highest BCUT2D eigenvalue weighted by Crippen LogP contribution is 2.21. The van der Waals surface area contributed by atoms with Crippen LogP contribution >= 0.6 is 11.6 Å². The maximum atomic E-state index is 11.7. The lowest BCUT2D eigenvalue weighted by molar-refractivity contribution is -0.148. The summed E-state index contributed by atoms with van der Waals surface area (Å²) in [5, 5.41) is 8.94. The summed E-state index contributed by atoms with van der Waals surface area (Å²) in [4.78, 5) is 28.2. The summed E-state index contributed by atoms with van der Waals surface area (Å²) in [6.07, 6.45) is 3.68. The standard InChI is InChI=1S/C12H13ClN2O3/c13-9-5-11(16)15(7-9)10(12(17)18)4-8-2-1-3-14-6-8/h1-3,6,9-10H,4-5,7H2,(H,17,18). The summed E-state index contributed by atoms with van der Waals surface area (Å²) in [5.41, 5.74) is 0.788. The number of aromatic nitrogens is 1. The number of alkyl halides is 1. The van der Waals surface area contributed by atoms with Gasteiger partial charge in [-0.2, -0.15) is 0 Å². The lowest BCUT2D eigenvalue weighted by Gasteiger charge is -2.24. The van der Waals surface area contributed by atoms with E-state index in [-0.39, 0.29) is 30.7 Å². The van der Waals surface area contributed by atoms with Crippen LogP contribution in [0.25, 0.3) is 0 Å². The maximum absolute atomic E-state index is 11.7. The van der Waals surface area contributed by atoms with Crippen molar-refractivity contribution < 1.29 is 14.7 Å². The fraction of sp³-hybridized carbons (Fsp3) is 0.417. The number of nitrogens with zero attached hydrogens (tertiary/aromatic N) is 2. The molecule has 0 saturated carbocycles. The number of amides is 1. The van der Waals surface area contributed by atoms with Gasteiger partial charge < -0.3 is 10.0 Å². The molecule has 1 saturated heterocycles. The zero-order valence-corrected chi connectivity index (χ0v) is 10.4. The van der Waals surface area contributed by atoms with Gasteiger partial charge in [-0.05, 0) is 11.6 Å². The fourth-order valence-corrected chi connectivity index (χ4v) is 2.34. The number of rotatable bonds is 4. The van der Waals surface area contributed by atoms with Crippen LogP contribution in [0.5, 0.6) is 0 Å². The van der Waals surface area contributed by atoms with Gasteiger partial charge in [-0.15, -0.1) is 11.6 Å². The number of hydrogen-bond donors (Lipinski definition) is 1. The Morgan fingerprint density at radius 3 is 2.94 bits per heavy atom. The Morgan fingerprint density at radius 2 is 2.44 bits per heavy atom. The van der Waals surface area contributed by atoms with Crippen LogP contribution in [0, 0.1) is 0 Å². The van der Waals surface area contributed by atoms with Crippen molar-refractivity contribution in [3.8, 4) is 0 Å². The quantitative estimate of drug-likeness (QED) is 0.825. The first kappa shape index (κ1) is 12.8. The average Bonchev–Trinajstić information content (AvgIpc) is 2.66. The van der Waals surface area contributed by atoms with Crippen molar-refractivity contribution in [1.82, 2.24) is 9.88 Å². The normalized spacial score (nSPS) is 21.1. The first-order valence-electron chi connectivity index (χ1n) is 5.63. The highest BCUT2D eigenvalue weighted by molar-refractivity contribution is 6.22. The Morgan fingerprint density at radius 1 is 1.67 bits per heavy atom. The van der Waals surface area contributed by atoms with Gasteiger partial charge in [0.2, 0.25) is 5.91 Å². The average molecular weight is 269 g/mol. The van der Waals surface area contributed by atoms with Gasteiger partial charge >= 0.3 is 5.97 Å². The van der Waals surface area contributed by atoms with Crippen molar-refractivity contribution in [2.75, 3.05) is 6.54 Å². The molecule has 96 valence electrons. The summed E-state index contributed by atoms with van der Waals surface area (Å²) >= 11 is 5.89. The van der Waals surface area contributed by atoms with E-state index in [1.165, 1.54) is 4.90 Å². The first-order chi connectivity index (χ1) is 8.58. The van der Waals surface area contributed by atoms with Gasteiger partial charge in [0, 0.05) is 31.8 Å². The van der Waals surface area contributed by atoms with E-state index in [1.54, 1.807) is 24.5 Å². The lowest BCUT2D eigenvalue weighted by Crippen LogP contribution is -2.43. The van der Waals surface area contributed by atoms with Crippen molar-refractivity contribution in [2.45, 2.75) is 24.3 Å². The van der Waals surface area contributed by atoms with Gasteiger partial charge in [0.1, 0.15) is 6.04 Å². The van der Waals surface area contributed by atoms with Crippen LogP contribution in [0.4, 0.5) is 0 Å². The molecule has 2 heterocycles. The van der Waals surface area contributed by atoms with E-state index in [0.717, 1.165) is 5.56 Å². The molecule has 0 bridgehead atoms. The monoisotopic (exact) mass is 268 g/mol. The second-order valence-electron chi connectivity index (χ2n) is 4.27. The third-order valence-electron chi connectivity index (χ3n) is 2.92. The number of aliphatic carboxylic acids is 1. The number of hydrogen-bond acceptors (Lipinski definition) is 3. The zero-order valence-electron chi connectivity index (χ0n) is 9.62. The van der Waals surface area contributed by atoms with E-state index in [9.17, 15) is 14.7 Å². The summed E-state index contributed by atoms with van der Waals surface area (Å²) in [6.45, 7) is 0.289. The smallest absolute Gasteiger partial charge is 0.326 e. The first-order valence-corrected chi connectivity index (χ1v) is 6.07. The van der Waals surface area contributed by atoms with Crippen LogP contribution in [0.3, 0.4) is 0 Å². The molecule has 0 spiro atoms. The second kappa shape index (κ2) is 5.35. The Labute approximate surface area is 109 Å². The van der Waals surface area contributed by atoms with E-state index in [0.29, 0.717) is 0 Å². The minimum absolute atomic E-state index is 0.203. The SMILES string of the molecule is O=C(O)C(Cc1cccnc1)N1CC(Cl)CC1=O. The van der Waals surface area contributed by atoms with E-state index in [4.69, 9.17) is 11.6 Å². The molecular weight excluding hydrogens is 256 g/mol. The van der Waals surface area contributed by atoms with Crippen LogP contribution < -0.4 is 0 Å². The zero-order chi connectivity index (χ0) is 13.1. The van der Waals surface area contributed by atoms with Crippen molar-refractivity contribution in [1.29, 1.82) is 0 Å². The van der Waals surface area contributed by atoms with E-state index in [1.807, 2.05) is 0 Å². The van der Waals surface area contributed by atoms with Crippen molar-refractivity contribution in [2.24, 2.45) is 0 Å². The van der Waals surface area contributed by atoms with Gasteiger partial charge in [0.05, 0.1) is 5.38 Å². The Hall–Kier alpha value is -1.62. The Balaban J connectivity index is 2.14. The van der Waals surface area contributed by atoms with Crippen molar-refractivity contribution >= 4 is 23.5 Å². The van der Waals surface area contributed by atoms with Crippen LogP contribution in [-0.4, -0.2) is 44.8 Å². The van der Waals surface area contributed by atoms with Crippen molar-refractivity contribution in [3.05, 3.63) is 30.1 Å². The van der Waals surface area contributed by atoms with Gasteiger partial charge in [-0.1, -0.05) is 6.07 Å². The highest BCUT2D eigenvalue weighted by Gasteiger charge is 2.36. The molecule has 1 aromatic heterocycles. The molecule has 18 heavy (non-hydrogen) atoms. The third-order valence-corrected chi connectivity index (χ3v) is 3.22. The third kappa shape index (κ3) is 2.79. The molecule has 2 rings (SSSR count). The topological polar surface area (TPSA) is 70.5 Å². The number of carbonyl (C=O) groups is 2. The molecule has 2 unspecified atom stereocenters. The molecule has 1 aliphatic heterocycles. The molecule has 6 heteroatoms. The highest BCUT2D eigenvalue weighted by atomic mass is 35.5. The van der Waals surface area contributed by atoms with Gasteiger partial charge in [-0.25, -0.2) is 4.79 Å². The molecule has 1 N–H and O–H groups in total. The number of pyridine rings is 1. The van der Waals surface area contributed by atoms with E-state index < -0.39 is 12.0 Å². The summed E-state index contributed by atoms with van der Waals surface area (Å²) in [7, 11) is 0. The molecule has 0 radical (unpaired) electrons. The molecular formula is C12H13ClN2O3. The predicted molar refractivity (Wildman–Crippen MR) is 65.3 cm³/mol. The minimum atomic E-state index is -1.02. The molecule has 1 fully saturated rings. The largest absolute Gasteiger partial charge is 0.480 e. The maximum Gasteiger partial charge on any atom is 0.326 e. The van der Waals surface area contributed by atoms with Gasteiger partial charge in [0.25, 0.3) is 0 Å². The van der Waals surface area contributed by atoms with Gasteiger partial charge in [0.15, 0.2) is 0 Å². The Bertz CT molecular complexity index is 452. The Kier molecular flexibility index (Phi) is 3.81. The number of carboxylic acid groups (broad SMARTS) is 1. The summed E-state index contributed by atoms with van der Waals surface area (Å²) < 4.78 is 0. The summed E-state index contributed by atoms with van der Waals surface area (Å²) in [6, 6.07) is 2.66. The number of halogens is 1. The molecule has 1 aliphatic rings. The number of carbonyl (C=O) groups excluding carboxylic acids is 1. The lowest BCUT2D eigenvalue weighted by atomic mass is 10.1. The fourth-order valence-electron chi connectivity index (χ4n) is 2.06. The number of likely N-dealkylation sites (tertiary alicyclic amines) is 1. The molecule has 1 amide bonds.